The Bertz CT molecular complexity index is 522. The van der Waals surface area contributed by atoms with E-state index in [0.29, 0.717) is 0 Å². The number of sulfone groups is 1. The predicted octanol–water partition coefficient (Wildman–Crippen LogP) is -0.878. The van der Waals surface area contributed by atoms with E-state index in [1.807, 2.05) is 0 Å². The van der Waals surface area contributed by atoms with Crippen molar-refractivity contribution in [2.24, 2.45) is 0 Å². The van der Waals surface area contributed by atoms with Gasteiger partial charge < -0.3 is 15.2 Å². The Kier molecular flexibility index (Phi) is 2.43. The van der Waals surface area contributed by atoms with Crippen LogP contribution in [0.1, 0.15) is 6.04 Å². The predicted molar refractivity (Wildman–Crippen MR) is 52.6 cm³/mol. The van der Waals surface area contributed by atoms with Gasteiger partial charge in [0.05, 0.1) is 35.0 Å². The molecule has 0 radical (unpaired) electrons. The average molecular weight is 247 g/mol. The molecule has 1 aromatic heterocycles. The van der Waals surface area contributed by atoms with Crippen LogP contribution in [-0.2, 0) is 9.84 Å². The first-order valence-electron chi connectivity index (χ1n) is 4.47. The summed E-state index contributed by atoms with van der Waals surface area (Å²) >= 11 is 0. The molecule has 8 nitrogen and oxygen atoms in total. The number of hydrogen-bond donors (Lipinski definition) is 1. The summed E-state index contributed by atoms with van der Waals surface area (Å²) in [5.41, 5.74) is 0. The standard InChI is InChI=1S/C7H9N3O5S/c11-6-4-16(14,15)3-5(6)9-2-1-7(8-9)10(12)13/h1-2,5-6,11H,3-4H2. The fraction of sp³-hybridized carbons (Fsp3) is 0.571. The Morgan fingerprint density at radius 2 is 2.25 bits per heavy atom. The molecule has 0 aliphatic carbocycles. The molecule has 2 atom stereocenters. The van der Waals surface area contributed by atoms with E-state index in [0.717, 1.165) is 10.7 Å². The Balaban J connectivity index is 2.28. The number of nitrogens with zero attached hydrogens (tertiary/aromatic N) is 3. The van der Waals surface area contributed by atoms with Gasteiger partial charge in [-0.2, -0.15) is 4.68 Å². The van der Waals surface area contributed by atoms with E-state index in [1.54, 1.807) is 0 Å². The molecule has 2 heterocycles. The van der Waals surface area contributed by atoms with Crippen LogP contribution in [0.25, 0.3) is 0 Å². The van der Waals surface area contributed by atoms with Gasteiger partial charge in [0.25, 0.3) is 0 Å². The number of hydrogen-bond acceptors (Lipinski definition) is 6. The van der Waals surface area contributed by atoms with Crippen molar-refractivity contribution in [3.8, 4) is 0 Å². The van der Waals surface area contributed by atoms with Crippen LogP contribution in [0.15, 0.2) is 12.3 Å². The zero-order valence-corrected chi connectivity index (χ0v) is 8.87. The highest BCUT2D eigenvalue weighted by Crippen LogP contribution is 2.24. The van der Waals surface area contributed by atoms with Crippen LogP contribution in [0.3, 0.4) is 0 Å². The third-order valence-electron chi connectivity index (χ3n) is 2.41. The number of rotatable bonds is 2. The normalized spacial score (nSPS) is 28.1. The zero-order chi connectivity index (χ0) is 11.9. The highest BCUT2D eigenvalue weighted by Gasteiger charge is 2.39. The second-order valence-electron chi connectivity index (χ2n) is 3.62. The molecule has 1 aliphatic rings. The lowest BCUT2D eigenvalue weighted by molar-refractivity contribution is -0.389. The van der Waals surface area contributed by atoms with Gasteiger partial charge in [-0.05, 0) is 4.92 Å². The van der Waals surface area contributed by atoms with Gasteiger partial charge >= 0.3 is 5.82 Å². The van der Waals surface area contributed by atoms with Crippen LogP contribution in [-0.4, -0.2) is 45.8 Å². The fourth-order valence-electron chi connectivity index (χ4n) is 1.67. The lowest BCUT2D eigenvalue weighted by Crippen LogP contribution is -2.22. The Hall–Kier alpha value is -1.48. The lowest BCUT2D eigenvalue weighted by Gasteiger charge is -2.08. The zero-order valence-electron chi connectivity index (χ0n) is 8.05. The van der Waals surface area contributed by atoms with E-state index >= 15 is 0 Å². The summed E-state index contributed by atoms with van der Waals surface area (Å²) < 4.78 is 23.6. The minimum absolute atomic E-state index is 0.243. The number of aliphatic hydroxyl groups excluding tert-OH is 1. The molecule has 0 saturated carbocycles. The molecule has 2 rings (SSSR count). The molecule has 2 unspecified atom stereocenters. The van der Waals surface area contributed by atoms with Crippen molar-refractivity contribution in [2.75, 3.05) is 11.5 Å². The van der Waals surface area contributed by atoms with Crippen LogP contribution in [0.4, 0.5) is 5.82 Å². The quantitative estimate of drug-likeness (QED) is 0.536. The first-order chi connectivity index (χ1) is 7.39. The van der Waals surface area contributed by atoms with Gasteiger partial charge in [-0.15, -0.1) is 0 Å². The highest BCUT2D eigenvalue weighted by molar-refractivity contribution is 7.91. The summed E-state index contributed by atoms with van der Waals surface area (Å²) in [6.07, 6.45) is 0.233. The summed E-state index contributed by atoms with van der Waals surface area (Å²) in [5.74, 6) is -0.935. The van der Waals surface area contributed by atoms with Crippen LogP contribution in [0.5, 0.6) is 0 Å². The average Bonchev–Trinajstić information content (AvgIpc) is 2.69. The van der Waals surface area contributed by atoms with Crippen molar-refractivity contribution < 1.29 is 18.4 Å². The molecule has 16 heavy (non-hydrogen) atoms. The first kappa shape index (κ1) is 11.0. The Morgan fingerprint density at radius 1 is 1.56 bits per heavy atom. The van der Waals surface area contributed by atoms with Crippen molar-refractivity contribution in [3.63, 3.8) is 0 Å². The molecule has 0 spiro atoms. The maximum Gasteiger partial charge on any atom is 0.389 e. The molecule has 1 aromatic rings. The Morgan fingerprint density at radius 3 is 2.69 bits per heavy atom. The summed E-state index contributed by atoms with van der Waals surface area (Å²) in [6, 6.07) is 0.427. The minimum atomic E-state index is -3.28. The molecule has 0 aromatic carbocycles. The van der Waals surface area contributed by atoms with Crippen molar-refractivity contribution in [1.29, 1.82) is 0 Å². The topological polar surface area (TPSA) is 115 Å². The molecular formula is C7H9N3O5S. The third kappa shape index (κ3) is 1.91. The molecule has 1 N–H and O–H groups in total. The van der Waals surface area contributed by atoms with Gasteiger partial charge in [0.1, 0.15) is 6.04 Å². The van der Waals surface area contributed by atoms with Crippen molar-refractivity contribution in [3.05, 3.63) is 22.4 Å². The summed E-state index contributed by atoms with van der Waals surface area (Å²) in [6.45, 7) is 0. The Labute approximate surface area is 90.6 Å². The van der Waals surface area contributed by atoms with Crippen molar-refractivity contribution in [1.82, 2.24) is 9.78 Å². The SMILES string of the molecule is O=[N+]([O-])c1ccn(C2CS(=O)(=O)CC2O)n1. The van der Waals surface area contributed by atoms with Crippen molar-refractivity contribution in [2.45, 2.75) is 12.1 Å². The smallest absolute Gasteiger partial charge is 0.389 e. The minimum Gasteiger partial charge on any atom is -0.390 e. The fourth-order valence-corrected chi connectivity index (χ4v) is 3.45. The first-order valence-corrected chi connectivity index (χ1v) is 6.29. The summed E-state index contributed by atoms with van der Waals surface area (Å²) in [4.78, 5) is 9.71. The molecule has 1 fully saturated rings. The summed E-state index contributed by atoms with van der Waals surface area (Å²) in [5, 5.41) is 23.5. The monoisotopic (exact) mass is 247 g/mol. The molecule has 1 saturated heterocycles. The van der Waals surface area contributed by atoms with Crippen LogP contribution in [0.2, 0.25) is 0 Å². The van der Waals surface area contributed by atoms with E-state index in [-0.39, 0.29) is 17.3 Å². The van der Waals surface area contributed by atoms with E-state index < -0.39 is 26.9 Å². The second-order valence-corrected chi connectivity index (χ2v) is 5.78. The van der Waals surface area contributed by atoms with Crippen LogP contribution < -0.4 is 0 Å². The molecule has 0 bridgehead atoms. The van der Waals surface area contributed by atoms with Gasteiger partial charge in [0.15, 0.2) is 9.84 Å². The van der Waals surface area contributed by atoms with Gasteiger partial charge in [-0.1, -0.05) is 0 Å². The van der Waals surface area contributed by atoms with E-state index in [4.69, 9.17) is 0 Å². The molecule has 88 valence electrons. The largest absolute Gasteiger partial charge is 0.390 e. The second kappa shape index (κ2) is 3.52. The number of nitro groups is 1. The summed E-state index contributed by atoms with van der Waals surface area (Å²) in [7, 11) is -3.28. The van der Waals surface area contributed by atoms with E-state index in [9.17, 15) is 23.6 Å². The maximum absolute atomic E-state index is 11.2. The van der Waals surface area contributed by atoms with Crippen molar-refractivity contribution >= 4 is 15.7 Å². The molecule has 9 heteroatoms. The number of aliphatic hydroxyl groups is 1. The third-order valence-corrected chi connectivity index (χ3v) is 4.11. The highest BCUT2D eigenvalue weighted by atomic mass is 32.2. The van der Waals surface area contributed by atoms with Gasteiger partial charge in [0, 0.05) is 0 Å². The lowest BCUT2D eigenvalue weighted by atomic mass is 10.2. The maximum atomic E-state index is 11.2. The number of aromatic nitrogens is 2. The molecule has 1 aliphatic heterocycles. The van der Waals surface area contributed by atoms with Gasteiger partial charge in [0.2, 0.25) is 0 Å². The van der Waals surface area contributed by atoms with E-state index in [2.05, 4.69) is 5.10 Å². The molecular weight excluding hydrogens is 238 g/mol. The van der Waals surface area contributed by atoms with Gasteiger partial charge in [-0.3, -0.25) is 0 Å². The van der Waals surface area contributed by atoms with Gasteiger partial charge in [-0.25, -0.2) is 8.42 Å². The molecule has 0 amide bonds. The van der Waals surface area contributed by atoms with E-state index in [1.165, 1.54) is 6.20 Å². The van der Waals surface area contributed by atoms with Crippen LogP contribution >= 0.6 is 0 Å². The van der Waals surface area contributed by atoms with Crippen LogP contribution in [0, 0.1) is 10.1 Å².